The van der Waals surface area contributed by atoms with E-state index < -0.39 is 6.10 Å². The number of benzene rings is 1. The van der Waals surface area contributed by atoms with Gasteiger partial charge in [0, 0.05) is 25.7 Å². The second-order valence-corrected chi connectivity index (χ2v) is 6.31. The molecule has 0 aromatic heterocycles. The molecule has 0 bridgehead atoms. The van der Waals surface area contributed by atoms with E-state index in [1.807, 2.05) is 24.3 Å². The van der Waals surface area contributed by atoms with E-state index in [0.717, 1.165) is 24.6 Å². The summed E-state index contributed by atoms with van der Waals surface area (Å²) in [7, 11) is 1.63. The molecule has 0 aliphatic carbocycles. The van der Waals surface area contributed by atoms with E-state index in [0.29, 0.717) is 25.0 Å². The number of β-amino-alcohol motifs (C(OH)–C–C–N with tert-alkyl or cyclic N) is 1. The van der Waals surface area contributed by atoms with E-state index in [9.17, 15) is 5.11 Å². The molecule has 1 heterocycles. The van der Waals surface area contributed by atoms with Gasteiger partial charge in [0.25, 0.3) is 0 Å². The van der Waals surface area contributed by atoms with Gasteiger partial charge in [0.15, 0.2) is 0 Å². The molecule has 21 heavy (non-hydrogen) atoms. The van der Waals surface area contributed by atoms with Crippen molar-refractivity contribution in [2.45, 2.75) is 26.4 Å². The van der Waals surface area contributed by atoms with Crippen LogP contribution in [-0.4, -0.2) is 49.5 Å². The number of rotatable bonds is 6. The fraction of sp³-hybridized carbons (Fsp3) is 0.647. The number of ether oxygens (including phenoxy) is 2. The molecule has 0 unspecified atom stereocenters. The van der Waals surface area contributed by atoms with Gasteiger partial charge in [-0.1, -0.05) is 19.9 Å². The van der Waals surface area contributed by atoms with Crippen LogP contribution >= 0.6 is 0 Å². The molecule has 1 aromatic carbocycles. The maximum atomic E-state index is 10.2. The zero-order valence-electron chi connectivity index (χ0n) is 13.3. The highest BCUT2D eigenvalue weighted by atomic mass is 16.5. The zero-order valence-corrected chi connectivity index (χ0v) is 13.3. The van der Waals surface area contributed by atoms with Gasteiger partial charge in [-0.2, -0.15) is 0 Å². The van der Waals surface area contributed by atoms with Crippen molar-refractivity contribution in [2.24, 2.45) is 11.8 Å². The van der Waals surface area contributed by atoms with Crippen LogP contribution in [0.3, 0.4) is 0 Å². The highest BCUT2D eigenvalue weighted by Crippen LogP contribution is 2.21. The van der Waals surface area contributed by atoms with Crippen LogP contribution in [0.1, 0.15) is 20.3 Å². The zero-order chi connectivity index (χ0) is 15.2. The minimum atomic E-state index is -0.464. The summed E-state index contributed by atoms with van der Waals surface area (Å²) in [4.78, 5) is 2.35. The lowest BCUT2D eigenvalue weighted by molar-refractivity contribution is 0.0428. The van der Waals surface area contributed by atoms with Gasteiger partial charge in [-0.05, 0) is 30.4 Å². The number of hydrogen-bond acceptors (Lipinski definition) is 4. The van der Waals surface area contributed by atoms with E-state index in [2.05, 4.69) is 18.7 Å². The fourth-order valence-electron chi connectivity index (χ4n) is 3.18. The molecule has 1 fully saturated rings. The van der Waals surface area contributed by atoms with Crippen molar-refractivity contribution in [2.75, 3.05) is 33.4 Å². The molecule has 0 spiro atoms. The van der Waals surface area contributed by atoms with Gasteiger partial charge in [0.1, 0.15) is 24.2 Å². The first kappa shape index (κ1) is 16.1. The molecule has 1 aliphatic rings. The molecule has 2 rings (SSSR count). The summed E-state index contributed by atoms with van der Waals surface area (Å²) < 4.78 is 10.8. The maximum absolute atomic E-state index is 10.2. The molecule has 1 aromatic rings. The summed E-state index contributed by atoms with van der Waals surface area (Å²) in [6.45, 7) is 7.69. The fourth-order valence-corrected chi connectivity index (χ4v) is 3.18. The average molecular weight is 293 g/mol. The average Bonchev–Trinajstić information content (AvgIpc) is 2.44. The van der Waals surface area contributed by atoms with Gasteiger partial charge in [-0.3, -0.25) is 0 Å². The Balaban J connectivity index is 1.77. The lowest BCUT2D eigenvalue weighted by atomic mass is 9.92. The summed E-state index contributed by atoms with van der Waals surface area (Å²) in [6, 6.07) is 7.46. The minimum absolute atomic E-state index is 0.312. The Bertz CT molecular complexity index is 428. The van der Waals surface area contributed by atoms with Gasteiger partial charge in [0.2, 0.25) is 0 Å². The number of nitrogens with zero attached hydrogens (tertiary/aromatic N) is 1. The van der Waals surface area contributed by atoms with E-state index in [1.165, 1.54) is 6.42 Å². The molecule has 1 N–H and O–H groups in total. The Morgan fingerprint density at radius 2 is 1.90 bits per heavy atom. The Kier molecular flexibility index (Phi) is 5.88. The van der Waals surface area contributed by atoms with Gasteiger partial charge in [0.05, 0.1) is 7.11 Å². The Hall–Kier alpha value is -1.26. The first-order valence-corrected chi connectivity index (χ1v) is 7.74. The van der Waals surface area contributed by atoms with Crippen LogP contribution in [0.25, 0.3) is 0 Å². The minimum Gasteiger partial charge on any atom is -0.497 e. The van der Waals surface area contributed by atoms with E-state index in [1.54, 1.807) is 7.11 Å². The summed E-state index contributed by atoms with van der Waals surface area (Å²) in [5, 5.41) is 10.2. The smallest absolute Gasteiger partial charge is 0.123 e. The third-order valence-electron chi connectivity index (χ3n) is 3.90. The number of hydrogen-bond donors (Lipinski definition) is 1. The summed E-state index contributed by atoms with van der Waals surface area (Å²) in [5.41, 5.74) is 0. The van der Waals surface area contributed by atoms with Crippen molar-refractivity contribution in [3.63, 3.8) is 0 Å². The Morgan fingerprint density at radius 3 is 2.57 bits per heavy atom. The third-order valence-corrected chi connectivity index (χ3v) is 3.90. The lowest BCUT2D eigenvalue weighted by Crippen LogP contribution is -2.43. The normalized spacial score (nSPS) is 24.6. The second kappa shape index (κ2) is 7.66. The quantitative estimate of drug-likeness (QED) is 0.874. The van der Waals surface area contributed by atoms with E-state index in [-0.39, 0.29) is 0 Å². The first-order chi connectivity index (χ1) is 10.1. The van der Waals surface area contributed by atoms with E-state index >= 15 is 0 Å². The van der Waals surface area contributed by atoms with Crippen molar-refractivity contribution in [1.82, 2.24) is 4.90 Å². The largest absolute Gasteiger partial charge is 0.497 e. The van der Waals surface area contributed by atoms with Gasteiger partial charge >= 0.3 is 0 Å². The second-order valence-electron chi connectivity index (χ2n) is 6.31. The van der Waals surface area contributed by atoms with E-state index in [4.69, 9.17) is 9.47 Å². The molecule has 0 radical (unpaired) electrons. The van der Waals surface area contributed by atoms with Gasteiger partial charge in [-0.25, -0.2) is 0 Å². The summed E-state index contributed by atoms with van der Waals surface area (Å²) in [6.07, 6.45) is 0.820. The molecule has 3 atom stereocenters. The highest BCUT2D eigenvalue weighted by Gasteiger charge is 2.23. The van der Waals surface area contributed by atoms with Crippen molar-refractivity contribution >= 4 is 0 Å². The molecule has 118 valence electrons. The number of likely N-dealkylation sites (tertiary alicyclic amines) is 1. The predicted octanol–water partition coefficient (Wildman–Crippen LogP) is 2.41. The van der Waals surface area contributed by atoms with Crippen LogP contribution in [0.5, 0.6) is 11.5 Å². The Labute approximate surface area is 127 Å². The van der Waals surface area contributed by atoms with Crippen LogP contribution in [0.2, 0.25) is 0 Å². The Morgan fingerprint density at radius 1 is 1.24 bits per heavy atom. The number of piperidine rings is 1. The number of methoxy groups -OCH3 is 1. The molecule has 4 heteroatoms. The van der Waals surface area contributed by atoms with Gasteiger partial charge in [-0.15, -0.1) is 0 Å². The molecular formula is C17H27NO3. The monoisotopic (exact) mass is 293 g/mol. The molecule has 4 nitrogen and oxygen atoms in total. The van der Waals surface area contributed by atoms with Crippen LogP contribution in [-0.2, 0) is 0 Å². The molecule has 0 saturated carbocycles. The van der Waals surface area contributed by atoms with Crippen molar-refractivity contribution in [3.05, 3.63) is 24.3 Å². The van der Waals surface area contributed by atoms with Crippen LogP contribution < -0.4 is 9.47 Å². The highest BCUT2D eigenvalue weighted by molar-refractivity contribution is 5.32. The third kappa shape index (κ3) is 5.21. The molecule has 0 amide bonds. The predicted molar refractivity (Wildman–Crippen MR) is 83.9 cm³/mol. The SMILES string of the molecule is COc1cccc(OC[C@H](O)CN2C[C@@H](C)C[C@H](C)C2)c1. The first-order valence-electron chi connectivity index (χ1n) is 7.74. The van der Waals surface area contributed by atoms with Crippen LogP contribution in [0.15, 0.2) is 24.3 Å². The van der Waals surface area contributed by atoms with Crippen molar-refractivity contribution < 1.29 is 14.6 Å². The van der Waals surface area contributed by atoms with Crippen molar-refractivity contribution in [3.8, 4) is 11.5 Å². The lowest BCUT2D eigenvalue weighted by Gasteiger charge is -2.35. The molecular weight excluding hydrogens is 266 g/mol. The van der Waals surface area contributed by atoms with Crippen molar-refractivity contribution in [1.29, 1.82) is 0 Å². The standard InChI is InChI=1S/C17H27NO3/c1-13-7-14(2)10-18(9-13)11-15(19)12-21-17-6-4-5-16(8-17)20-3/h4-6,8,13-15,19H,7,9-12H2,1-3H3/t13-,14-,15+/m0/s1. The van der Waals surface area contributed by atoms with Gasteiger partial charge < -0.3 is 19.5 Å². The molecule has 1 saturated heterocycles. The number of aliphatic hydroxyl groups excluding tert-OH is 1. The molecule has 1 aliphatic heterocycles. The summed E-state index contributed by atoms with van der Waals surface area (Å²) >= 11 is 0. The maximum Gasteiger partial charge on any atom is 0.123 e. The van der Waals surface area contributed by atoms with Crippen LogP contribution in [0, 0.1) is 11.8 Å². The topological polar surface area (TPSA) is 41.9 Å². The van der Waals surface area contributed by atoms with Crippen LogP contribution in [0.4, 0.5) is 0 Å². The number of aliphatic hydroxyl groups is 1. The summed E-state index contributed by atoms with van der Waals surface area (Å²) in [5.74, 6) is 2.91.